The van der Waals surface area contributed by atoms with Gasteiger partial charge in [-0.2, -0.15) is 0 Å². The van der Waals surface area contributed by atoms with Crippen LogP contribution >= 0.6 is 11.6 Å². The van der Waals surface area contributed by atoms with E-state index in [4.69, 9.17) is 16.3 Å². The van der Waals surface area contributed by atoms with E-state index >= 15 is 0 Å². The van der Waals surface area contributed by atoms with E-state index in [2.05, 4.69) is 20.1 Å². The second kappa shape index (κ2) is 8.62. The van der Waals surface area contributed by atoms with Crippen molar-refractivity contribution in [3.63, 3.8) is 0 Å². The maximum Gasteiger partial charge on any atom is 0.230 e. The predicted octanol–water partition coefficient (Wildman–Crippen LogP) is 3.07. The zero-order chi connectivity index (χ0) is 19.4. The Morgan fingerprint density at radius 3 is 2.89 bits per heavy atom. The van der Waals surface area contributed by atoms with Gasteiger partial charge in [0.1, 0.15) is 11.6 Å². The maximum absolute atomic E-state index is 13.3. The summed E-state index contributed by atoms with van der Waals surface area (Å²) < 4.78 is 7.77. The highest BCUT2D eigenvalue weighted by Crippen LogP contribution is 2.36. The highest BCUT2D eigenvalue weighted by molar-refractivity contribution is 6.30. The zero-order valence-electron chi connectivity index (χ0n) is 16.1. The monoisotopic (exact) mass is 402 g/mol. The molecule has 1 amide bonds. The van der Waals surface area contributed by atoms with E-state index in [0.29, 0.717) is 44.0 Å². The summed E-state index contributed by atoms with van der Waals surface area (Å²) >= 11 is 6.20. The van der Waals surface area contributed by atoms with Gasteiger partial charge in [-0.25, -0.2) is 0 Å². The fourth-order valence-corrected chi connectivity index (χ4v) is 4.53. The number of hydrogen-bond acceptors (Lipinski definition) is 4. The molecule has 150 valence electrons. The minimum Gasteiger partial charge on any atom is -0.381 e. The second-order valence-electron chi connectivity index (χ2n) is 7.71. The van der Waals surface area contributed by atoms with Gasteiger partial charge in [0.15, 0.2) is 0 Å². The van der Waals surface area contributed by atoms with E-state index in [1.54, 1.807) is 0 Å². The van der Waals surface area contributed by atoms with Crippen LogP contribution in [0, 0.1) is 0 Å². The van der Waals surface area contributed by atoms with Crippen molar-refractivity contribution in [3.8, 4) is 0 Å². The molecule has 0 saturated carbocycles. The standard InChI is InChI=1S/C21H27ClN4O2/c22-17-6-4-5-16(15-17)21(9-13-28-14-10-21)20(27)23-11-8-19-25-24-18-7-2-1-3-12-26(18)19/h4-6,15H,1-3,7-14H2,(H,23,27). The Labute approximate surface area is 170 Å². The summed E-state index contributed by atoms with van der Waals surface area (Å²) in [5.74, 6) is 2.10. The molecule has 2 aliphatic rings. The lowest BCUT2D eigenvalue weighted by molar-refractivity contribution is -0.130. The summed E-state index contributed by atoms with van der Waals surface area (Å²) in [4.78, 5) is 13.3. The number of hydrogen-bond donors (Lipinski definition) is 1. The van der Waals surface area contributed by atoms with E-state index in [-0.39, 0.29) is 5.91 Å². The topological polar surface area (TPSA) is 69.0 Å². The first-order valence-corrected chi connectivity index (χ1v) is 10.6. The molecule has 0 unspecified atom stereocenters. The van der Waals surface area contributed by atoms with Crippen molar-refractivity contribution < 1.29 is 9.53 Å². The van der Waals surface area contributed by atoms with Crippen LogP contribution in [0.1, 0.15) is 49.3 Å². The van der Waals surface area contributed by atoms with Crippen molar-refractivity contribution in [3.05, 3.63) is 46.5 Å². The molecule has 28 heavy (non-hydrogen) atoms. The van der Waals surface area contributed by atoms with Crippen LogP contribution in [0.5, 0.6) is 0 Å². The molecule has 1 N–H and O–H groups in total. The first kappa shape index (κ1) is 19.4. The molecule has 3 heterocycles. The summed E-state index contributed by atoms with van der Waals surface area (Å²) in [6.45, 7) is 2.70. The Kier molecular flexibility index (Phi) is 5.97. The molecule has 0 radical (unpaired) electrons. The Balaban J connectivity index is 1.45. The number of nitrogens with one attached hydrogen (secondary N) is 1. The summed E-state index contributed by atoms with van der Waals surface area (Å²) in [7, 11) is 0. The van der Waals surface area contributed by atoms with Gasteiger partial charge in [-0.3, -0.25) is 4.79 Å². The maximum atomic E-state index is 13.3. The van der Waals surface area contributed by atoms with Gasteiger partial charge in [0.05, 0.1) is 5.41 Å². The van der Waals surface area contributed by atoms with Crippen LogP contribution in [0.4, 0.5) is 0 Å². The van der Waals surface area contributed by atoms with E-state index < -0.39 is 5.41 Å². The van der Waals surface area contributed by atoms with E-state index in [0.717, 1.165) is 30.2 Å². The normalized spacial score (nSPS) is 18.9. The number of benzene rings is 1. The quantitative estimate of drug-likeness (QED) is 0.834. The molecular formula is C21H27ClN4O2. The largest absolute Gasteiger partial charge is 0.381 e. The average molecular weight is 403 g/mol. The molecular weight excluding hydrogens is 376 g/mol. The highest BCUT2D eigenvalue weighted by atomic mass is 35.5. The zero-order valence-corrected chi connectivity index (χ0v) is 16.9. The smallest absolute Gasteiger partial charge is 0.230 e. The van der Waals surface area contributed by atoms with Crippen molar-refractivity contribution >= 4 is 17.5 Å². The number of ether oxygens (including phenoxy) is 1. The van der Waals surface area contributed by atoms with Gasteiger partial charge >= 0.3 is 0 Å². The molecule has 4 rings (SSSR count). The minimum atomic E-state index is -0.578. The van der Waals surface area contributed by atoms with Crippen molar-refractivity contribution in [2.24, 2.45) is 0 Å². The van der Waals surface area contributed by atoms with E-state index in [1.165, 1.54) is 19.3 Å². The fourth-order valence-electron chi connectivity index (χ4n) is 4.34. The van der Waals surface area contributed by atoms with E-state index in [1.807, 2.05) is 24.3 Å². The van der Waals surface area contributed by atoms with Crippen LogP contribution in [0.3, 0.4) is 0 Å². The SMILES string of the molecule is O=C(NCCc1nnc2n1CCCCC2)C1(c2cccc(Cl)c2)CCOCC1. The summed E-state index contributed by atoms with van der Waals surface area (Å²) in [5.41, 5.74) is 0.391. The molecule has 1 aromatic carbocycles. The molecule has 0 spiro atoms. The van der Waals surface area contributed by atoms with Gasteiger partial charge in [-0.15, -0.1) is 10.2 Å². The number of fused-ring (bicyclic) bond motifs is 1. The number of aryl methyl sites for hydroxylation is 1. The van der Waals surface area contributed by atoms with Crippen LogP contribution in [0.15, 0.2) is 24.3 Å². The third-order valence-corrected chi connectivity index (χ3v) is 6.21. The van der Waals surface area contributed by atoms with Gasteiger partial charge < -0.3 is 14.6 Å². The first-order chi connectivity index (χ1) is 13.7. The third kappa shape index (κ3) is 3.94. The van der Waals surface area contributed by atoms with Crippen molar-refractivity contribution in [1.82, 2.24) is 20.1 Å². The molecule has 0 aliphatic carbocycles. The van der Waals surface area contributed by atoms with Crippen LogP contribution in [-0.2, 0) is 34.3 Å². The lowest BCUT2D eigenvalue weighted by Crippen LogP contribution is -2.48. The number of nitrogens with zero attached hydrogens (tertiary/aromatic N) is 3. The summed E-state index contributed by atoms with van der Waals surface area (Å²) in [6.07, 6.45) is 6.61. The van der Waals surface area contributed by atoms with Gasteiger partial charge in [0.2, 0.25) is 5.91 Å². The Morgan fingerprint density at radius 2 is 2.07 bits per heavy atom. The van der Waals surface area contributed by atoms with Crippen LogP contribution in [-0.4, -0.2) is 40.4 Å². The number of rotatable bonds is 5. The number of halogens is 1. The van der Waals surface area contributed by atoms with Crippen molar-refractivity contribution in [2.75, 3.05) is 19.8 Å². The molecule has 6 nitrogen and oxygen atoms in total. The third-order valence-electron chi connectivity index (χ3n) is 5.98. The van der Waals surface area contributed by atoms with Crippen molar-refractivity contribution in [1.29, 1.82) is 0 Å². The number of carbonyl (C=O) groups excluding carboxylic acids is 1. The molecule has 2 aliphatic heterocycles. The average Bonchev–Trinajstić information content (AvgIpc) is 2.94. The van der Waals surface area contributed by atoms with E-state index in [9.17, 15) is 4.79 Å². The summed E-state index contributed by atoms with van der Waals surface area (Å²) in [6, 6.07) is 7.65. The highest BCUT2D eigenvalue weighted by Gasteiger charge is 2.41. The fraction of sp³-hybridized carbons (Fsp3) is 0.571. The van der Waals surface area contributed by atoms with Crippen LogP contribution in [0.2, 0.25) is 5.02 Å². The Morgan fingerprint density at radius 1 is 1.21 bits per heavy atom. The lowest BCUT2D eigenvalue weighted by Gasteiger charge is -2.36. The van der Waals surface area contributed by atoms with Gasteiger partial charge in [0.25, 0.3) is 0 Å². The number of amides is 1. The molecule has 0 bridgehead atoms. The predicted molar refractivity (Wildman–Crippen MR) is 107 cm³/mol. The Hall–Kier alpha value is -1.92. The molecule has 0 atom stereocenters. The first-order valence-electron chi connectivity index (χ1n) is 10.2. The number of aromatic nitrogens is 3. The molecule has 1 saturated heterocycles. The second-order valence-corrected chi connectivity index (χ2v) is 8.14. The Bertz CT molecular complexity index is 830. The molecule has 1 fully saturated rings. The van der Waals surface area contributed by atoms with Crippen LogP contribution < -0.4 is 5.32 Å². The lowest BCUT2D eigenvalue weighted by atomic mass is 9.73. The van der Waals surface area contributed by atoms with Crippen molar-refractivity contribution in [2.45, 2.75) is 56.9 Å². The van der Waals surface area contributed by atoms with Gasteiger partial charge in [0, 0.05) is 44.2 Å². The molecule has 2 aromatic rings. The summed E-state index contributed by atoms with van der Waals surface area (Å²) in [5, 5.41) is 12.5. The number of carbonyl (C=O) groups is 1. The van der Waals surface area contributed by atoms with Crippen LogP contribution in [0.25, 0.3) is 0 Å². The van der Waals surface area contributed by atoms with Gasteiger partial charge in [-0.05, 0) is 43.4 Å². The molecule has 7 heteroatoms. The van der Waals surface area contributed by atoms with Gasteiger partial charge in [-0.1, -0.05) is 30.2 Å². The minimum absolute atomic E-state index is 0.0497. The molecule has 1 aromatic heterocycles.